The van der Waals surface area contributed by atoms with Crippen molar-refractivity contribution in [3.63, 3.8) is 0 Å². The van der Waals surface area contributed by atoms with E-state index in [9.17, 15) is 19.2 Å². The quantitative estimate of drug-likeness (QED) is 0.420. The summed E-state index contributed by atoms with van der Waals surface area (Å²) in [5.41, 5.74) is 0. The van der Waals surface area contributed by atoms with E-state index in [1.165, 1.54) is 7.11 Å². The van der Waals surface area contributed by atoms with Crippen molar-refractivity contribution in [3.05, 3.63) is 0 Å². The van der Waals surface area contributed by atoms with E-state index in [1.807, 2.05) is 0 Å². The Hall–Kier alpha value is -1.02. The SMILES string of the molecule is CCCCCNC(=O)CCC(=O)SCCC(=O)SCC(=O)OC. The molecule has 132 valence electrons. The first-order valence-electron chi connectivity index (χ1n) is 7.64. The molecule has 0 aliphatic carbocycles. The lowest BCUT2D eigenvalue weighted by Gasteiger charge is -2.04. The lowest BCUT2D eigenvalue weighted by atomic mass is 10.2. The highest BCUT2D eigenvalue weighted by molar-refractivity contribution is 8.15. The molecular weight excluding hydrogens is 338 g/mol. The third kappa shape index (κ3) is 14.3. The van der Waals surface area contributed by atoms with E-state index >= 15 is 0 Å². The van der Waals surface area contributed by atoms with E-state index in [0.717, 1.165) is 42.8 Å². The Labute approximate surface area is 145 Å². The fourth-order valence-corrected chi connectivity index (χ4v) is 3.03. The van der Waals surface area contributed by atoms with Gasteiger partial charge >= 0.3 is 5.97 Å². The first-order valence-corrected chi connectivity index (χ1v) is 9.61. The maximum atomic E-state index is 11.6. The Morgan fingerprint density at radius 2 is 1.65 bits per heavy atom. The minimum atomic E-state index is -0.447. The molecule has 0 unspecified atom stereocenters. The van der Waals surface area contributed by atoms with Crippen molar-refractivity contribution in [3.8, 4) is 0 Å². The van der Waals surface area contributed by atoms with Gasteiger partial charge in [-0.2, -0.15) is 0 Å². The number of hydrogen-bond donors (Lipinski definition) is 1. The zero-order valence-corrected chi connectivity index (χ0v) is 15.4. The van der Waals surface area contributed by atoms with E-state index in [-0.39, 0.29) is 41.2 Å². The van der Waals surface area contributed by atoms with Gasteiger partial charge in [-0.3, -0.25) is 19.2 Å². The number of hydrogen-bond acceptors (Lipinski definition) is 7. The molecular formula is C15H25NO5S2. The number of ether oxygens (including phenoxy) is 1. The third-order valence-corrected chi connectivity index (χ3v) is 4.65. The summed E-state index contributed by atoms with van der Waals surface area (Å²) < 4.78 is 4.43. The van der Waals surface area contributed by atoms with Crippen LogP contribution in [0.15, 0.2) is 0 Å². The van der Waals surface area contributed by atoms with Gasteiger partial charge in [0.1, 0.15) is 0 Å². The minimum absolute atomic E-state index is 0.00779. The molecule has 0 atom stereocenters. The van der Waals surface area contributed by atoms with Crippen molar-refractivity contribution in [2.45, 2.75) is 45.4 Å². The van der Waals surface area contributed by atoms with Crippen LogP contribution in [0.1, 0.15) is 45.4 Å². The molecule has 1 N–H and O–H groups in total. The van der Waals surface area contributed by atoms with Crippen molar-refractivity contribution in [2.75, 3.05) is 25.2 Å². The molecule has 0 aliphatic rings. The monoisotopic (exact) mass is 363 g/mol. The van der Waals surface area contributed by atoms with Gasteiger partial charge in [-0.25, -0.2) is 0 Å². The van der Waals surface area contributed by atoms with Gasteiger partial charge in [0.2, 0.25) is 5.91 Å². The van der Waals surface area contributed by atoms with Crippen LogP contribution in [-0.2, 0) is 23.9 Å². The minimum Gasteiger partial charge on any atom is -0.468 e. The summed E-state index contributed by atoms with van der Waals surface area (Å²) in [6.07, 6.45) is 3.70. The molecule has 8 heteroatoms. The number of thioether (sulfide) groups is 2. The summed E-state index contributed by atoms with van der Waals surface area (Å²) in [5.74, 6) is -0.201. The largest absolute Gasteiger partial charge is 0.468 e. The summed E-state index contributed by atoms with van der Waals surface area (Å²) >= 11 is 1.94. The number of rotatable bonds is 12. The number of amides is 1. The summed E-state index contributed by atoms with van der Waals surface area (Å²) in [6, 6.07) is 0. The van der Waals surface area contributed by atoms with Crippen molar-refractivity contribution in [2.24, 2.45) is 0 Å². The second kappa shape index (κ2) is 14.6. The van der Waals surface area contributed by atoms with Crippen LogP contribution in [0.4, 0.5) is 0 Å². The number of methoxy groups -OCH3 is 1. The number of carbonyl (C=O) groups is 4. The standard InChI is InChI=1S/C15H25NO5S2/c1-3-4-5-9-16-12(17)6-7-14(19)22-10-8-15(20)23-11-13(18)21-2/h3-11H2,1-2H3,(H,16,17). The molecule has 0 radical (unpaired) electrons. The number of unbranched alkanes of at least 4 members (excludes halogenated alkanes) is 2. The molecule has 0 aromatic carbocycles. The zero-order chi connectivity index (χ0) is 17.5. The van der Waals surface area contributed by atoms with Gasteiger partial charge < -0.3 is 10.1 Å². The first-order chi connectivity index (χ1) is 11.0. The van der Waals surface area contributed by atoms with Crippen molar-refractivity contribution < 1.29 is 23.9 Å². The van der Waals surface area contributed by atoms with Crippen LogP contribution < -0.4 is 5.32 Å². The second-order valence-electron chi connectivity index (χ2n) is 4.76. The number of nitrogens with one attached hydrogen (secondary N) is 1. The third-order valence-electron chi connectivity index (χ3n) is 2.81. The predicted octanol–water partition coefficient (Wildman–Crippen LogP) is 2.16. The molecule has 0 heterocycles. The molecule has 0 saturated carbocycles. The highest BCUT2D eigenvalue weighted by atomic mass is 32.2. The molecule has 0 aromatic heterocycles. The first kappa shape index (κ1) is 22.0. The van der Waals surface area contributed by atoms with Gasteiger partial charge in [-0.1, -0.05) is 43.3 Å². The number of esters is 1. The van der Waals surface area contributed by atoms with Gasteiger partial charge in [-0.05, 0) is 6.42 Å². The fraction of sp³-hybridized carbons (Fsp3) is 0.733. The van der Waals surface area contributed by atoms with Crippen LogP contribution >= 0.6 is 23.5 Å². The highest BCUT2D eigenvalue weighted by Crippen LogP contribution is 2.13. The Bertz CT molecular complexity index is 401. The van der Waals surface area contributed by atoms with Gasteiger partial charge in [0.15, 0.2) is 10.2 Å². The smallest absolute Gasteiger partial charge is 0.316 e. The van der Waals surface area contributed by atoms with Crippen LogP contribution in [0, 0.1) is 0 Å². The summed E-state index contributed by atoms with van der Waals surface area (Å²) in [6.45, 7) is 2.75. The van der Waals surface area contributed by atoms with Crippen molar-refractivity contribution >= 4 is 45.6 Å². The summed E-state index contributed by atoms with van der Waals surface area (Å²) in [4.78, 5) is 45.4. The van der Waals surface area contributed by atoms with E-state index in [2.05, 4.69) is 17.0 Å². The van der Waals surface area contributed by atoms with Crippen molar-refractivity contribution in [1.82, 2.24) is 5.32 Å². The molecule has 1 amide bonds. The fourth-order valence-electron chi connectivity index (χ4n) is 1.50. The van der Waals surface area contributed by atoms with Crippen LogP contribution in [0.2, 0.25) is 0 Å². The summed E-state index contributed by atoms with van der Waals surface area (Å²) in [5, 5.41) is 2.53. The average Bonchev–Trinajstić information content (AvgIpc) is 2.54. The Morgan fingerprint density at radius 3 is 2.30 bits per heavy atom. The van der Waals surface area contributed by atoms with Crippen LogP contribution in [0.5, 0.6) is 0 Å². The summed E-state index contributed by atoms with van der Waals surface area (Å²) in [7, 11) is 1.27. The van der Waals surface area contributed by atoms with Crippen LogP contribution in [0.25, 0.3) is 0 Å². The Balaban J connectivity index is 3.61. The van der Waals surface area contributed by atoms with Gasteiger partial charge in [0.05, 0.1) is 12.9 Å². The molecule has 0 bridgehead atoms. The number of carbonyl (C=O) groups excluding carboxylic acids is 4. The maximum Gasteiger partial charge on any atom is 0.316 e. The van der Waals surface area contributed by atoms with E-state index in [1.54, 1.807) is 0 Å². The predicted molar refractivity (Wildman–Crippen MR) is 93.3 cm³/mol. The van der Waals surface area contributed by atoms with Gasteiger partial charge in [0, 0.05) is 31.6 Å². The molecule has 0 aromatic rings. The normalized spacial score (nSPS) is 10.2. The lowest BCUT2D eigenvalue weighted by Crippen LogP contribution is -2.24. The molecule has 0 aliphatic heterocycles. The molecule has 0 rings (SSSR count). The highest BCUT2D eigenvalue weighted by Gasteiger charge is 2.10. The Kier molecular flexibility index (Phi) is 13.9. The average molecular weight is 364 g/mol. The topological polar surface area (TPSA) is 89.5 Å². The van der Waals surface area contributed by atoms with Crippen LogP contribution in [-0.4, -0.2) is 47.3 Å². The van der Waals surface area contributed by atoms with Gasteiger partial charge in [-0.15, -0.1) is 0 Å². The van der Waals surface area contributed by atoms with Gasteiger partial charge in [0.25, 0.3) is 0 Å². The van der Waals surface area contributed by atoms with E-state index < -0.39 is 5.97 Å². The second-order valence-corrected chi connectivity index (χ2v) is 6.95. The van der Waals surface area contributed by atoms with E-state index in [0.29, 0.717) is 12.3 Å². The lowest BCUT2D eigenvalue weighted by molar-refractivity contribution is -0.137. The van der Waals surface area contributed by atoms with E-state index in [4.69, 9.17) is 0 Å². The molecule has 0 saturated heterocycles. The molecule has 0 fully saturated rings. The molecule has 6 nitrogen and oxygen atoms in total. The molecule has 0 spiro atoms. The maximum absolute atomic E-state index is 11.6. The van der Waals surface area contributed by atoms with Crippen molar-refractivity contribution in [1.29, 1.82) is 0 Å². The van der Waals surface area contributed by atoms with Crippen LogP contribution in [0.3, 0.4) is 0 Å². The Morgan fingerprint density at radius 1 is 0.957 bits per heavy atom. The molecule has 23 heavy (non-hydrogen) atoms. The zero-order valence-electron chi connectivity index (χ0n) is 13.7.